The van der Waals surface area contributed by atoms with Crippen LogP contribution in [0, 0.1) is 5.92 Å². The van der Waals surface area contributed by atoms with E-state index >= 15 is 0 Å². The Bertz CT molecular complexity index is 354. The van der Waals surface area contributed by atoms with Crippen LogP contribution in [0.4, 0.5) is 13.2 Å². The van der Waals surface area contributed by atoms with Gasteiger partial charge in [-0.2, -0.15) is 13.2 Å². The molecule has 1 unspecified atom stereocenters. The Morgan fingerprint density at radius 1 is 1.33 bits per heavy atom. The highest BCUT2D eigenvalue weighted by molar-refractivity contribution is 8.03. The first-order chi connectivity index (χ1) is 6.98. The van der Waals surface area contributed by atoms with Gasteiger partial charge in [-0.15, -0.1) is 11.8 Å². The van der Waals surface area contributed by atoms with E-state index in [0.717, 1.165) is 11.0 Å². The van der Waals surface area contributed by atoms with Crippen molar-refractivity contribution < 1.29 is 18.0 Å². The summed E-state index contributed by atoms with van der Waals surface area (Å²) in [5, 5.41) is 0. The summed E-state index contributed by atoms with van der Waals surface area (Å²) < 4.78 is 37.2. The highest BCUT2D eigenvalue weighted by atomic mass is 32.2. The number of thioether (sulfide) groups is 1. The molecule has 0 aromatic carbocycles. The summed E-state index contributed by atoms with van der Waals surface area (Å²) >= 11 is 1.49. The predicted octanol–water partition coefficient (Wildman–Crippen LogP) is 3.08. The van der Waals surface area contributed by atoms with Crippen molar-refractivity contribution >= 4 is 17.5 Å². The number of carbonyl (C=O) groups excluding carboxylic acids is 1. The zero-order valence-corrected chi connectivity index (χ0v) is 8.62. The number of fused-ring (bicyclic) bond motifs is 1. The fraction of sp³-hybridized carbons (Fsp3) is 0.500. The number of carbonyl (C=O) groups is 1. The number of allylic oxidation sites excluding steroid dienone is 4. The van der Waals surface area contributed by atoms with E-state index in [9.17, 15) is 18.0 Å². The number of ketones is 1. The molecule has 1 nitrogen and oxygen atoms in total. The molecule has 2 aliphatic rings. The number of rotatable bonds is 0. The molecule has 15 heavy (non-hydrogen) atoms. The van der Waals surface area contributed by atoms with Crippen LogP contribution >= 0.6 is 11.8 Å². The van der Waals surface area contributed by atoms with Crippen LogP contribution in [0.2, 0.25) is 0 Å². The van der Waals surface area contributed by atoms with Crippen molar-refractivity contribution in [2.75, 3.05) is 5.75 Å². The fourth-order valence-corrected chi connectivity index (χ4v) is 2.88. The normalized spacial score (nSPS) is 26.9. The minimum Gasteiger partial charge on any atom is -0.299 e. The lowest BCUT2D eigenvalue weighted by atomic mass is 9.89. The summed E-state index contributed by atoms with van der Waals surface area (Å²) in [6.45, 7) is 0. The first kappa shape index (κ1) is 10.8. The quantitative estimate of drug-likeness (QED) is 0.640. The standard InChI is InChI=1S/C10H9F3OS/c11-10(12,13)6-1-2-9-7(5-6)8(14)3-4-15-9/h1-2,7H,3-5H2. The monoisotopic (exact) mass is 234 g/mol. The summed E-state index contributed by atoms with van der Waals surface area (Å²) in [5.41, 5.74) is -0.591. The summed E-state index contributed by atoms with van der Waals surface area (Å²) in [7, 11) is 0. The lowest BCUT2D eigenvalue weighted by Gasteiger charge is -2.27. The van der Waals surface area contributed by atoms with Crippen LogP contribution in [0.25, 0.3) is 0 Å². The Morgan fingerprint density at radius 2 is 2.07 bits per heavy atom. The number of Topliss-reactive ketones (excluding diaryl/α,β-unsaturated/α-hetero) is 1. The van der Waals surface area contributed by atoms with Crippen LogP contribution < -0.4 is 0 Å². The van der Waals surface area contributed by atoms with Crippen molar-refractivity contribution in [3.05, 3.63) is 22.6 Å². The topological polar surface area (TPSA) is 17.1 Å². The van der Waals surface area contributed by atoms with E-state index in [1.54, 1.807) is 0 Å². The van der Waals surface area contributed by atoms with Crippen molar-refractivity contribution in [3.63, 3.8) is 0 Å². The summed E-state index contributed by atoms with van der Waals surface area (Å²) in [5.74, 6) is 0.0938. The minimum atomic E-state index is -4.30. The van der Waals surface area contributed by atoms with Gasteiger partial charge in [0.1, 0.15) is 5.78 Å². The second-order valence-corrected chi connectivity index (χ2v) is 4.75. The van der Waals surface area contributed by atoms with Gasteiger partial charge in [-0.05, 0) is 11.3 Å². The molecule has 0 N–H and O–H groups in total. The lowest BCUT2D eigenvalue weighted by Crippen LogP contribution is -2.26. The van der Waals surface area contributed by atoms with E-state index in [0.29, 0.717) is 12.2 Å². The average molecular weight is 234 g/mol. The molecule has 1 fully saturated rings. The fourth-order valence-electron chi connectivity index (χ4n) is 1.76. The van der Waals surface area contributed by atoms with Crippen molar-refractivity contribution in [1.82, 2.24) is 0 Å². The zero-order valence-electron chi connectivity index (χ0n) is 7.80. The van der Waals surface area contributed by atoms with Crippen molar-refractivity contribution in [3.8, 4) is 0 Å². The molecule has 5 heteroatoms. The molecule has 1 aliphatic carbocycles. The maximum atomic E-state index is 12.4. The third kappa shape index (κ3) is 2.12. The summed E-state index contributed by atoms with van der Waals surface area (Å²) in [4.78, 5) is 12.2. The van der Waals surface area contributed by atoms with Crippen LogP contribution in [0.3, 0.4) is 0 Å². The molecule has 0 aromatic rings. The molecule has 0 radical (unpaired) electrons. The van der Waals surface area contributed by atoms with E-state index in [2.05, 4.69) is 0 Å². The van der Waals surface area contributed by atoms with Crippen LogP contribution in [0.5, 0.6) is 0 Å². The molecule has 1 aliphatic heterocycles. The van der Waals surface area contributed by atoms with Crippen LogP contribution in [0.15, 0.2) is 22.6 Å². The van der Waals surface area contributed by atoms with E-state index in [1.807, 2.05) is 0 Å². The lowest BCUT2D eigenvalue weighted by molar-refractivity contribution is -0.122. The molecular formula is C10H9F3OS. The molecule has 2 rings (SSSR count). The maximum absolute atomic E-state index is 12.4. The van der Waals surface area contributed by atoms with Gasteiger partial charge in [0, 0.05) is 17.7 Å². The van der Waals surface area contributed by atoms with Gasteiger partial charge in [0.2, 0.25) is 0 Å². The molecule has 0 bridgehead atoms. The highest BCUT2D eigenvalue weighted by Gasteiger charge is 2.39. The van der Waals surface area contributed by atoms with Gasteiger partial charge >= 0.3 is 6.18 Å². The Kier molecular flexibility index (Phi) is 2.66. The molecule has 1 heterocycles. The first-order valence-electron chi connectivity index (χ1n) is 4.62. The number of halogens is 3. The van der Waals surface area contributed by atoms with Crippen molar-refractivity contribution in [2.24, 2.45) is 5.92 Å². The zero-order chi connectivity index (χ0) is 11.1. The molecule has 0 aromatic heterocycles. The molecule has 0 saturated carbocycles. The largest absolute Gasteiger partial charge is 0.412 e. The van der Waals surface area contributed by atoms with Crippen LogP contribution in [-0.2, 0) is 4.79 Å². The molecule has 1 saturated heterocycles. The van der Waals surface area contributed by atoms with Crippen molar-refractivity contribution in [2.45, 2.75) is 19.0 Å². The average Bonchev–Trinajstić information content (AvgIpc) is 2.16. The molecule has 0 spiro atoms. The Morgan fingerprint density at radius 3 is 2.73 bits per heavy atom. The van der Waals surface area contributed by atoms with Gasteiger partial charge in [0.25, 0.3) is 0 Å². The number of alkyl halides is 3. The summed E-state index contributed by atoms with van der Waals surface area (Å²) in [6, 6.07) is 0. The number of hydrogen-bond acceptors (Lipinski definition) is 2. The minimum absolute atomic E-state index is 0.0603. The molecule has 1 atom stereocenters. The SMILES string of the molecule is O=C1CCSC2=CC=C(C(F)(F)F)CC12. The first-order valence-corrected chi connectivity index (χ1v) is 5.60. The predicted molar refractivity (Wildman–Crippen MR) is 52.4 cm³/mol. The van der Waals surface area contributed by atoms with E-state index in [4.69, 9.17) is 0 Å². The Labute approximate surface area is 89.4 Å². The Hall–Kier alpha value is -0.710. The Balaban J connectivity index is 2.26. The second-order valence-electron chi connectivity index (χ2n) is 3.58. The maximum Gasteiger partial charge on any atom is 0.412 e. The van der Waals surface area contributed by atoms with Gasteiger partial charge in [-0.25, -0.2) is 0 Å². The van der Waals surface area contributed by atoms with Gasteiger partial charge in [0.15, 0.2) is 0 Å². The molecular weight excluding hydrogens is 225 g/mol. The van der Waals surface area contributed by atoms with E-state index in [-0.39, 0.29) is 12.2 Å². The van der Waals surface area contributed by atoms with E-state index in [1.165, 1.54) is 17.8 Å². The van der Waals surface area contributed by atoms with Crippen LogP contribution in [0.1, 0.15) is 12.8 Å². The van der Waals surface area contributed by atoms with Gasteiger partial charge in [0.05, 0.1) is 5.92 Å². The smallest absolute Gasteiger partial charge is 0.299 e. The van der Waals surface area contributed by atoms with Crippen LogP contribution in [-0.4, -0.2) is 17.7 Å². The highest BCUT2D eigenvalue weighted by Crippen LogP contribution is 2.42. The third-order valence-electron chi connectivity index (χ3n) is 2.59. The van der Waals surface area contributed by atoms with Gasteiger partial charge in [-0.1, -0.05) is 12.2 Å². The summed E-state index contributed by atoms with van der Waals surface area (Å²) in [6.07, 6.45) is -1.56. The van der Waals surface area contributed by atoms with Crippen molar-refractivity contribution in [1.29, 1.82) is 0 Å². The second kappa shape index (κ2) is 3.70. The van der Waals surface area contributed by atoms with Gasteiger partial charge < -0.3 is 0 Å². The molecule has 0 amide bonds. The van der Waals surface area contributed by atoms with E-state index < -0.39 is 17.7 Å². The van der Waals surface area contributed by atoms with Gasteiger partial charge in [-0.3, -0.25) is 4.79 Å². The third-order valence-corrected chi connectivity index (χ3v) is 3.75. The molecule has 82 valence electrons. The number of hydrogen-bond donors (Lipinski definition) is 0.